The fourth-order valence-corrected chi connectivity index (χ4v) is 4.20. The average molecular weight is 350 g/mol. The molecule has 2 N–H and O–H groups in total. The first-order valence-corrected chi connectivity index (χ1v) is 9.80. The predicted molar refractivity (Wildman–Crippen MR) is 111 cm³/mol. The van der Waals surface area contributed by atoms with E-state index in [1.54, 1.807) is 0 Å². The average Bonchev–Trinajstić information content (AvgIpc) is 3.03. The maximum absolute atomic E-state index is 5.72. The monoisotopic (exact) mass is 349 g/mol. The number of rotatable bonds is 5. The molecule has 0 bridgehead atoms. The lowest BCUT2D eigenvalue weighted by molar-refractivity contribution is 0.951. The first-order valence-electron chi connectivity index (χ1n) is 8.92. The summed E-state index contributed by atoms with van der Waals surface area (Å²) in [6.45, 7) is 9.47. The van der Waals surface area contributed by atoms with Crippen LogP contribution in [0.1, 0.15) is 38.9 Å². The van der Waals surface area contributed by atoms with Crippen molar-refractivity contribution in [3.05, 3.63) is 80.7 Å². The molecule has 0 atom stereocenters. The van der Waals surface area contributed by atoms with Gasteiger partial charge in [-0.1, -0.05) is 30.3 Å². The van der Waals surface area contributed by atoms with Crippen molar-refractivity contribution in [2.75, 3.05) is 6.54 Å². The Morgan fingerprint density at radius 1 is 0.800 bits per heavy atom. The van der Waals surface area contributed by atoms with Gasteiger partial charge in [-0.25, -0.2) is 0 Å². The highest BCUT2D eigenvalue weighted by molar-refractivity contribution is 7.13. The van der Waals surface area contributed by atoms with E-state index in [9.17, 15) is 0 Å². The van der Waals surface area contributed by atoms with Crippen LogP contribution >= 0.6 is 11.3 Å². The van der Waals surface area contributed by atoms with Crippen LogP contribution in [0.4, 0.5) is 0 Å². The van der Waals surface area contributed by atoms with E-state index in [2.05, 4.69) is 69.5 Å². The Bertz CT molecular complexity index is 889. The molecule has 25 heavy (non-hydrogen) atoms. The van der Waals surface area contributed by atoms with Crippen LogP contribution in [-0.2, 0) is 12.8 Å². The minimum absolute atomic E-state index is 0.712. The van der Waals surface area contributed by atoms with Crippen molar-refractivity contribution in [1.29, 1.82) is 0 Å². The molecule has 3 rings (SSSR count). The van der Waals surface area contributed by atoms with Gasteiger partial charge in [-0.3, -0.25) is 0 Å². The van der Waals surface area contributed by atoms with Crippen LogP contribution in [0.15, 0.2) is 41.8 Å². The highest BCUT2D eigenvalue weighted by atomic mass is 32.1. The molecule has 130 valence electrons. The van der Waals surface area contributed by atoms with Gasteiger partial charge in [0.25, 0.3) is 0 Å². The molecular weight excluding hydrogens is 322 g/mol. The number of nitrogens with two attached hydrogens (primary N) is 1. The lowest BCUT2D eigenvalue weighted by Gasteiger charge is -2.11. The van der Waals surface area contributed by atoms with Crippen molar-refractivity contribution in [3.63, 3.8) is 0 Å². The maximum Gasteiger partial charge on any atom is 0.0345 e. The van der Waals surface area contributed by atoms with E-state index in [4.69, 9.17) is 5.73 Å². The van der Waals surface area contributed by atoms with Gasteiger partial charge >= 0.3 is 0 Å². The van der Waals surface area contributed by atoms with Gasteiger partial charge in [0.15, 0.2) is 0 Å². The largest absolute Gasteiger partial charge is 0.330 e. The van der Waals surface area contributed by atoms with E-state index in [1.807, 2.05) is 11.3 Å². The fourth-order valence-electron chi connectivity index (χ4n) is 3.29. The van der Waals surface area contributed by atoms with Gasteiger partial charge in [-0.2, -0.15) is 0 Å². The molecule has 0 unspecified atom stereocenters. The van der Waals surface area contributed by atoms with Gasteiger partial charge in [-0.05, 0) is 103 Å². The standard InChI is InChI=1S/C23H27NS/c1-15-5-6-21(9-16(15)2)23-13-19(14-25-23)12-22-11-17(3)20(7-8-24)10-18(22)4/h5-6,9-11,13-14H,7-8,12,24H2,1-4H3. The van der Waals surface area contributed by atoms with Gasteiger partial charge in [0.1, 0.15) is 0 Å². The van der Waals surface area contributed by atoms with Crippen molar-refractivity contribution in [1.82, 2.24) is 0 Å². The zero-order valence-corrected chi connectivity index (χ0v) is 16.5. The third-order valence-corrected chi connectivity index (χ3v) is 6.08. The minimum atomic E-state index is 0.712. The van der Waals surface area contributed by atoms with Crippen molar-refractivity contribution in [3.8, 4) is 10.4 Å². The molecule has 1 nitrogen and oxygen atoms in total. The molecule has 1 heterocycles. The number of hydrogen-bond donors (Lipinski definition) is 1. The van der Waals surface area contributed by atoms with E-state index in [0.717, 1.165) is 12.8 Å². The van der Waals surface area contributed by atoms with Gasteiger partial charge in [0, 0.05) is 4.88 Å². The van der Waals surface area contributed by atoms with Crippen molar-refractivity contribution in [2.45, 2.75) is 40.5 Å². The summed E-state index contributed by atoms with van der Waals surface area (Å²) in [4.78, 5) is 1.35. The Morgan fingerprint density at radius 3 is 2.24 bits per heavy atom. The Hall–Kier alpha value is -1.90. The van der Waals surface area contributed by atoms with Crippen LogP contribution < -0.4 is 5.73 Å². The molecular formula is C23H27NS. The molecule has 0 aliphatic heterocycles. The highest BCUT2D eigenvalue weighted by Gasteiger charge is 2.08. The first kappa shape index (κ1) is 17.9. The molecule has 0 spiro atoms. The van der Waals surface area contributed by atoms with Crippen LogP contribution in [0.5, 0.6) is 0 Å². The highest BCUT2D eigenvalue weighted by Crippen LogP contribution is 2.30. The Kier molecular flexibility index (Phi) is 5.41. The third-order valence-electron chi connectivity index (χ3n) is 5.05. The molecule has 0 aliphatic rings. The van der Waals surface area contributed by atoms with Crippen LogP contribution in [0, 0.1) is 27.7 Å². The number of aryl methyl sites for hydroxylation is 4. The van der Waals surface area contributed by atoms with Gasteiger partial charge in [0.2, 0.25) is 0 Å². The normalized spacial score (nSPS) is 11.1. The van der Waals surface area contributed by atoms with Gasteiger partial charge < -0.3 is 5.73 Å². The topological polar surface area (TPSA) is 26.0 Å². The van der Waals surface area contributed by atoms with E-state index >= 15 is 0 Å². The van der Waals surface area contributed by atoms with Crippen LogP contribution in [0.25, 0.3) is 10.4 Å². The van der Waals surface area contributed by atoms with Gasteiger partial charge in [-0.15, -0.1) is 11.3 Å². The van der Waals surface area contributed by atoms with Crippen LogP contribution in [0.2, 0.25) is 0 Å². The van der Waals surface area contributed by atoms with Crippen molar-refractivity contribution < 1.29 is 0 Å². The third kappa shape index (κ3) is 4.02. The maximum atomic E-state index is 5.72. The molecule has 0 saturated carbocycles. The fraction of sp³-hybridized carbons (Fsp3) is 0.304. The van der Waals surface area contributed by atoms with Gasteiger partial charge in [0.05, 0.1) is 0 Å². The lowest BCUT2D eigenvalue weighted by atomic mass is 9.94. The summed E-state index contributed by atoms with van der Waals surface area (Å²) in [6.07, 6.45) is 1.96. The molecule has 0 fully saturated rings. The second kappa shape index (κ2) is 7.55. The molecule has 3 aromatic rings. The second-order valence-electron chi connectivity index (χ2n) is 7.04. The molecule has 0 saturated heterocycles. The Morgan fingerprint density at radius 2 is 1.52 bits per heavy atom. The molecule has 2 aromatic carbocycles. The molecule has 0 radical (unpaired) electrons. The summed E-state index contributed by atoms with van der Waals surface area (Å²) in [5.41, 5.74) is 16.7. The SMILES string of the molecule is Cc1ccc(-c2cc(Cc3cc(C)c(CCN)cc3C)cs2)cc1C. The summed E-state index contributed by atoms with van der Waals surface area (Å²) in [6, 6.07) is 13.7. The lowest BCUT2D eigenvalue weighted by Crippen LogP contribution is -2.05. The molecule has 1 aromatic heterocycles. The quantitative estimate of drug-likeness (QED) is 0.624. The summed E-state index contributed by atoms with van der Waals surface area (Å²) < 4.78 is 0. The van der Waals surface area contributed by atoms with Crippen LogP contribution in [0.3, 0.4) is 0 Å². The van der Waals surface area contributed by atoms with E-state index in [1.165, 1.54) is 49.4 Å². The molecule has 0 amide bonds. The van der Waals surface area contributed by atoms with Crippen molar-refractivity contribution >= 4 is 11.3 Å². The summed E-state index contributed by atoms with van der Waals surface area (Å²) in [5.74, 6) is 0. The zero-order chi connectivity index (χ0) is 18.0. The Labute approximate surface area is 155 Å². The number of thiophene rings is 1. The first-order chi connectivity index (χ1) is 12.0. The second-order valence-corrected chi connectivity index (χ2v) is 7.95. The van der Waals surface area contributed by atoms with E-state index in [-0.39, 0.29) is 0 Å². The van der Waals surface area contributed by atoms with Crippen LogP contribution in [-0.4, -0.2) is 6.54 Å². The Balaban J connectivity index is 1.84. The summed E-state index contributed by atoms with van der Waals surface area (Å²) >= 11 is 1.84. The zero-order valence-electron chi connectivity index (χ0n) is 15.6. The minimum Gasteiger partial charge on any atom is -0.330 e. The smallest absolute Gasteiger partial charge is 0.0345 e. The molecule has 0 aliphatic carbocycles. The summed E-state index contributed by atoms with van der Waals surface area (Å²) in [7, 11) is 0. The van der Waals surface area contributed by atoms with E-state index < -0.39 is 0 Å². The predicted octanol–water partition coefficient (Wildman–Crippen LogP) is 5.74. The number of hydrogen-bond acceptors (Lipinski definition) is 2. The van der Waals surface area contributed by atoms with Crippen molar-refractivity contribution in [2.24, 2.45) is 5.73 Å². The van der Waals surface area contributed by atoms with E-state index in [0.29, 0.717) is 6.54 Å². The molecule has 2 heteroatoms. The summed E-state index contributed by atoms with van der Waals surface area (Å²) in [5, 5.41) is 2.30. The number of benzene rings is 2.